The van der Waals surface area contributed by atoms with Crippen molar-refractivity contribution in [3.8, 4) is 11.5 Å². The first-order valence-electron chi connectivity index (χ1n) is 12.8. The third-order valence-electron chi connectivity index (χ3n) is 7.43. The number of amides is 1. The van der Waals surface area contributed by atoms with E-state index < -0.39 is 13.5 Å². The molecule has 0 spiro atoms. The Labute approximate surface area is 213 Å². The topological polar surface area (TPSA) is 96.3 Å². The van der Waals surface area contributed by atoms with Gasteiger partial charge in [-0.2, -0.15) is 0 Å². The van der Waals surface area contributed by atoms with Crippen molar-refractivity contribution in [3.05, 3.63) is 59.2 Å². The Morgan fingerprint density at radius 2 is 1.81 bits per heavy atom. The summed E-state index contributed by atoms with van der Waals surface area (Å²) < 4.78 is 23.2. The Kier molecular flexibility index (Phi) is 8.44. The van der Waals surface area contributed by atoms with Crippen molar-refractivity contribution in [2.75, 3.05) is 33.6 Å². The summed E-state index contributed by atoms with van der Waals surface area (Å²) in [5.41, 5.74) is 2.46. The second-order valence-corrected chi connectivity index (χ2v) is 12.9. The second-order valence-electron chi connectivity index (χ2n) is 10.5. The van der Waals surface area contributed by atoms with E-state index in [2.05, 4.69) is 0 Å². The number of methoxy groups -OCH3 is 1. The van der Waals surface area contributed by atoms with E-state index in [0.29, 0.717) is 35.8 Å². The highest BCUT2D eigenvalue weighted by molar-refractivity contribution is 7.57. The lowest BCUT2D eigenvalue weighted by atomic mass is 9.77. The van der Waals surface area contributed by atoms with Crippen LogP contribution in [-0.2, 0) is 4.57 Å². The maximum absolute atomic E-state index is 13.2. The van der Waals surface area contributed by atoms with Gasteiger partial charge in [0.05, 0.1) is 26.0 Å². The van der Waals surface area contributed by atoms with Crippen LogP contribution in [0.5, 0.6) is 11.5 Å². The fraction of sp³-hybridized carbons (Fsp3) is 0.536. The molecule has 1 unspecified atom stereocenters. The number of carbonyl (C=O) groups is 1. The van der Waals surface area contributed by atoms with Crippen molar-refractivity contribution < 1.29 is 28.8 Å². The number of rotatable bonds is 10. The van der Waals surface area contributed by atoms with Crippen molar-refractivity contribution in [1.29, 1.82) is 0 Å². The van der Waals surface area contributed by atoms with Gasteiger partial charge >= 0.3 is 0 Å². The lowest BCUT2D eigenvalue weighted by Crippen LogP contribution is -2.30. The van der Waals surface area contributed by atoms with Crippen LogP contribution in [0.3, 0.4) is 0 Å². The monoisotopic (exact) mass is 515 g/mol. The van der Waals surface area contributed by atoms with Crippen LogP contribution >= 0.6 is 7.37 Å². The van der Waals surface area contributed by atoms with Gasteiger partial charge in [0.15, 0.2) is 0 Å². The summed E-state index contributed by atoms with van der Waals surface area (Å²) in [6, 6.07) is 13.3. The molecule has 0 aromatic heterocycles. The molecule has 2 fully saturated rings. The summed E-state index contributed by atoms with van der Waals surface area (Å²) in [4.78, 5) is 24.6. The lowest BCUT2D eigenvalue weighted by molar-refractivity contribution is 0.0782. The van der Waals surface area contributed by atoms with E-state index >= 15 is 0 Å². The van der Waals surface area contributed by atoms with E-state index in [1.165, 1.54) is 6.66 Å². The maximum Gasteiger partial charge on any atom is 0.254 e. The Bertz CT molecular complexity index is 1100. The predicted molar refractivity (Wildman–Crippen MR) is 140 cm³/mol. The zero-order chi connectivity index (χ0) is 25.9. The Morgan fingerprint density at radius 1 is 1.08 bits per heavy atom. The van der Waals surface area contributed by atoms with Crippen LogP contribution in [0.25, 0.3) is 0 Å². The quantitative estimate of drug-likeness (QED) is 0.422. The maximum atomic E-state index is 13.2. The first-order valence-corrected chi connectivity index (χ1v) is 15.1. The molecule has 0 radical (unpaired) electrons. The van der Waals surface area contributed by atoms with Gasteiger partial charge in [-0.15, -0.1) is 0 Å². The molecule has 196 valence electrons. The highest BCUT2D eigenvalue weighted by atomic mass is 31.2. The van der Waals surface area contributed by atoms with Crippen molar-refractivity contribution >= 4 is 13.3 Å². The molecule has 0 heterocycles. The van der Waals surface area contributed by atoms with E-state index in [1.807, 2.05) is 36.2 Å². The molecule has 1 amide bonds. The molecule has 0 aliphatic heterocycles. The van der Waals surface area contributed by atoms with E-state index in [0.717, 1.165) is 55.4 Å². The molecule has 0 saturated heterocycles. The average molecular weight is 516 g/mol. The van der Waals surface area contributed by atoms with Crippen LogP contribution in [0.4, 0.5) is 0 Å². The second kappa shape index (κ2) is 11.4. The average Bonchev–Trinajstić information content (AvgIpc) is 3.71. The van der Waals surface area contributed by atoms with Crippen LogP contribution in [-0.4, -0.2) is 60.4 Å². The molecular formula is C28H38NO6P. The summed E-state index contributed by atoms with van der Waals surface area (Å²) in [6.45, 7) is 1.83. The molecule has 2 aliphatic carbocycles. The van der Waals surface area contributed by atoms with Crippen molar-refractivity contribution in [3.63, 3.8) is 0 Å². The van der Waals surface area contributed by atoms with Crippen molar-refractivity contribution in [1.82, 2.24) is 4.90 Å². The number of benzene rings is 2. The molecular weight excluding hydrogens is 477 g/mol. The first-order chi connectivity index (χ1) is 17.1. The normalized spacial score (nSPS) is 22.4. The molecule has 0 bridgehead atoms. The summed E-state index contributed by atoms with van der Waals surface area (Å²) >= 11 is 0. The Balaban J connectivity index is 1.36. The van der Waals surface area contributed by atoms with Crippen molar-refractivity contribution in [2.24, 2.45) is 5.92 Å². The minimum Gasteiger partial charge on any atom is -0.497 e. The van der Waals surface area contributed by atoms with Gasteiger partial charge < -0.3 is 24.4 Å². The van der Waals surface area contributed by atoms with Gasteiger partial charge in [-0.3, -0.25) is 9.36 Å². The molecule has 4 rings (SSSR count). The molecule has 7 nitrogen and oxygen atoms in total. The number of hydrogen-bond acceptors (Lipinski definition) is 5. The molecule has 2 atom stereocenters. The van der Waals surface area contributed by atoms with Gasteiger partial charge in [-0.1, -0.05) is 12.1 Å². The third-order valence-corrected chi connectivity index (χ3v) is 8.45. The van der Waals surface area contributed by atoms with E-state index in [9.17, 15) is 19.4 Å². The summed E-state index contributed by atoms with van der Waals surface area (Å²) in [6.07, 6.45) is 4.96. The summed E-state index contributed by atoms with van der Waals surface area (Å²) in [5.74, 6) is 2.25. The van der Waals surface area contributed by atoms with Gasteiger partial charge in [0.25, 0.3) is 5.91 Å². The zero-order valence-electron chi connectivity index (χ0n) is 21.4. The van der Waals surface area contributed by atoms with Crippen LogP contribution in [0.1, 0.15) is 72.0 Å². The van der Waals surface area contributed by atoms with Gasteiger partial charge in [0.2, 0.25) is 7.37 Å². The number of aliphatic hydroxyl groups excluding tert-OH is 1. The Morgan fingerprint density at radius 3 is 2.44 bits per heavy atom. The van der Waals surface area contributed by atoms with E-state index in [1.54, 1.807) is 25.3 Å². The summed E-state index contributed by atoms with van der Waals surface area (Å²) in [5, 5.41) is 10.3. The number of carbonyl (C=O) groups excluding carboxylic acids is 1. The van der Waals surface area contributed by atoms with Gasteiger partial charge in [-0.25, -0.2) is 0 Å². The zero-order valence-corrected chi connectivity index (χ0v) is 22.3. The number of aliphatic hydroxyl groups is 1. The minimum absolute atomic E-state index is 0.100. The van der Waals surface area contributed by atoms with Crippen LogP contribution < -0.4 is 9.47 Å². The molecule has 2 aromatic rings. The first kappa shape index (κ1) is 26.7. The van der Waals surface area contributed by atoms with Crippen molar-refractivity contribution in [2.45, 2.75) is 56.6 Å². The SMILES string of the molecule is COc1ccc(C(=O)N(C)C2CC2)c(C2CCC(COc3cccc([C@H](O)CP(C)(=O)O)c3)CC2)c1. The summed E-state index contributed by atoms with van der Waals surface area (Å²) in [7, 11) is 0.244. The number of nitrogens with zero attached hydrogens (tertiary/aromatic N) is 1. The fourth-order valence-corrected chi connectivity index (χ4v) is 5.96. The predicted octanol–water partition coefficient (Wildman–Crippen LogP) is 5.22. The molecule has 8 heteroatoms. The lowest BCUT2D eigenvalue weighted by Gasteiger charge is -2.30. The minimum atomic E-state index is -3.32. The van der Waals surface area contributed by atoms with Gasteiger partial charge in [0.1, 0.15) is 11.5 Å². The molecule has 2 N–H and O–H groups in total. The highest BCUT2D eigenvalue weighted by Crippen LogP contribution is 2.41. The van der Waals surface area contributed by atoms with Crippen LogP contribution in [0.15, 0.2) is 42.5 Å². The van der Waals surface area contributed by atoms with Gasteiger partial charge in [-0.05, 0) is 91.8 Å². The fourth-order valence-electron chi connectivity index (χ4n) is 5.11. The molecule has 2 aromatic carbocycles. The molecule has 36 heavy (non-hydrogen) atoms. The van der Waals surface area contributed by atoms with E-state index in [4.69, 9.17) is 9.47 Å². The largest absolute Gasteiger partial charge is 0.497 e. The molecule has 2 saturated carbocycles. The third kappa shape index (κ3) is 6.90. The number of ether oxygens (including phenoxy) is 2. The molecule has 2 aliphatic rings. The Hall–Kier alpha value is -2.34. The van der Waals surface area contributed by atoms with Crippen LogP contribution in [0, 0.1) is 5.92 Å². The highest BCUT2D eigenvalue weighted by Gasteiger charge is 2.33. The standard InChI is InChI=1S/C28H38NO6P/c1-29(22-11-12-22)28(31)25-14-13-23(34-2)16-26(25)20-9-7-19(8-10-20)17-35-24-6-4-5-21(15-24)27(30)18-36(3,32)33/h4-6,13-16,19-20,22,27,30H,7-12,17-18H2,1-3H3,(H,32,33)/t19?,20?,27-/m1/s1. The van der Waals surface area contributed by atoms with Gasteiger partial charge in [0, 0.05) is 25.3 Å². The smallest absolute Gasteiger partial charge is 0.254 e. The number of hydrogen-bond donors (Lipinski definition) is 2. The van der Waals surface area contributed by atoms with E-state index in [-0.39, 0.29) is 12.1 Å². The van der Waals surface area contributed by atoms with Crippen LogP contribution in [0.2, 0.25) is 0 Å².